The van der Waals surface area contributed by atoms with Crippen LogP contribution in [0, 0.1) is 23.7 Å². The van der Waals surface area contributed by atoms with E-state index in [-0.39, 0.29) is 35.7 Å². The molecule has 6 atom stereocenters. The second-order valence-corrected chi connectivity index (χ2v) is 9.19. The lowest BCUT2D eigenvalue weighted by atomic mass is 9.78. The van der Waals surface area contributed by atoms with Crippen LogP contribution in [0.15, 0.2) is 60.7 Å². The predicted octanol–water partition coefficient (Wildman–Crippen LogP) is 4.07. The predicted molar refractivity (Wildman–Crippen MR) is 113 cm³/mol. The fraction of sp³-hybridized carbons (Fsp3) is 0.385. The normalized spacial score (nSPS) is 31.9. The molecule has 0 amide bonds. The van der Waals surface area contributed by atoms with Crippen LogP contribution in [-0.4, -0.2) is 30.8 Å². The molecule has 158 valence electrons. The van der Waals surface area contributed by atoms with E-state index >= 15 is 0 Å². The topological polar surface area (TPSA) is 61.8 Å². The maximum absolute atomic E-state index is 13.5. The summed E-state index contributed by atoms with van der Waals surface area (Å²) in [5, 5.41) is 0. The van der Waals surface area contributed by atoms with Crippen LogP contribution in [0.2, 0.25) is 0 Å². The Labute approximate surface area is 181 Å². The lowest BCUT2D eigenvalue weighted by Gasteiger charge is -2.32. The number of carbonyl (C=O) groups excluding carboxylic acids is 2. The van der Waals surface area contributed by atoms with Gasteiger partial charge in [0.2, 0.25) is 0 Å². The number of fused-ring (bicyclic) bond motifs is 4. The Morgan fingerprint density at radius 3 is 2.23 bits per heavy atom. The average Bonchev–Trinajstić information content (AvgIpc) is 3.47. The maximum atomic E-state index is 13.5. The van der Waals surface area contributed by atoms with Gasteiger partial charge in [-0.05, 0) is 30.4 Å². The van der Waals surface area contributed by atoms with Crippen molar-refractivity contribution in [1.82, 2.24) is 0 Å². The number of ether oxygens (including phenoxy) is 3. The van der Waals surface area contributed by atoms with Crippen molar-refractivity contribution in [2.75, 3.05) is 6.61 Å². The van der Waals surface area contributed by atoms with Crippen molar-refractivity contribution in [2.45, 2.75) is 31.7 Å². The standard InChI is InChI=1S/C26H24O5/c1-13(2)25(27)31-24-19-11-18-20(12-29-23(18)24)21(19)26(28)30-22-16-9-5-3-7-14(16)15-8-4-6-10-17(15)22/h3-10,18-24H,1,11-12H2,2H3. The first-order valence-corrected chi connectivity index (χ1v) is 10.9. The van der Waals surface area contributed by atoms with Crippen LogP contribution < -0.4 is 0 Å². The highest BCUT2D eigenvalue weighted by molar-refractivity contribution is 5.87. The molecule has 1 saturated heterocycles. The monoisotopic (exact) mass is 416 g/mol. The molecule has 31 heavy (non-hydrogen) atoms. The average molecular weight is 416 g/mol. The third-order valence-electron chi connectivity index (χ3n) is 7.54. The number of hydrogen-bond acceptors (Lipinski definition) is 5. The van der Waals surface area contributed by atoms with Gasteiger partial charge in [-0.3, -0.25) is 4.79 Å². The van der Waals surface area contributed by atoms with E-state index in [0.29, 0.717) is 12.2 Å². The van der Waals surface area contributed by atoms with Crippen molar-refractivity contribution in [3.8, 4) is 11.1 Å². The van der Waals surface area contributed by atoms with Crippen molar-refractivity contribution in [3.63, 3.8) is 0 Å². The van der Waals surface area contributed by atoms with E-state index in [9.17, 15) is 9.59 Å². The van der Waals surface area contributed by atoms with Gasteiger partial charge >= 0.3 is 11.9 Å². The Morgan fingerprint density at radius 2 is 1.58 bits per heavy atom. The summed E-state index contributed by atoms with van der Waals surface area (Å²) in [6.07, 6.45) is -0.0985. The minimum atomic E-state index is -0.421. The smallest absolute Gasteiger partial charge is 0.333 e. The minimum absolute atomic E-state index is 0.0646. The Balaban J connectivity index is 1.29. The Morgan fingerprint density at radius 1 is 0.935 bits per heavy atom. The zero-order valence-corrected chi connectivity index (χ0v) is 17.3. The molecule has 0 N–H and O–H groups in total. The summed E-state index contributed by atoms with van der Waals surface area (Å²) in [5.41, 5.74) is 4.62. The van der Waals surface area contributed by atoms with Crippen LogP contribution in [-0.2, 0) is 23.8 Å². The maximum Gasteiger partial charge on any atom is 0.333 e. The highest BCUT2D eigenvalue weighted by Gasteiger charge is 2.66. The van der Waals surface area contributed by atoms with E-state index in [1.54, 1.807) is 6.92 Å². The van der Waals surface area contributed by atoms with Gasteiger partial charge in [0.15, 0.2) is 6.10 Å². The van der Waals surface area contributed by atoms with Crippen molar-refractivity contribution >= 4 is 11.9 Å². The number of rotatable bonds is 4. The van der Waals surface area contributed by atoms with Crippen LogP contribution in [0.1, 0.15) is 30.6 Å². The largest absolute Gasteiger partial charge is 0.456 e. The lowest BCUT2D eigenvalue weighted by molar-refractivity contribution is -0.164. The first-order valence-electron chi connectivity index (χ1n) is 10.9. The van der Waals surface area contributed by atoms with Crippen LogP contribution in [0.25, 0.3) is 11.1 Å². The summed E-state index contributed by atoms with van der Waals surface area (Å²) >= 11 is 0. The molecule has 2 aromatic carbocycles. The molecule has 5 heteroatoms. The highest BCUT2D eigenvalue weighted by Crippen LogP contribution is 2.59. The lowest BCUT2D eigenvalue weighted by Crippen LogP contribution is -2.43. The molecule has 2 bridgehead atoms. The summed E-state index contributed by atoms with van der Waals surface area (Å²) < 4.78 is 17.9. The summed E-state index contributed by atoms with van der Waals surface area (Å²) in [7, 11) is 0. The van der Waals surface area contributed by atoms with E-state index < -0.39 is 18.2 Å². The van der Waals surface area contributed by atoms with E-state index in [4.69, 9.17) is 14.2 Å². The number of hydrogen-bond donors (Lipinski definition) is 0. The van der Waals surface area contributed by atoms with Gasteiger partial charge in [0.05, 0.1) is 18.6 Å². The first-order chi connectivity index (χ1) is 15.0. The molecule has 0 radical (unpaired) electrons. The zero-order chi connectivity index (χ0) is 21.3. The fourth-order valence-corrected chi connectivity index (χ4v) is 6.25. The zero-order valence-electron chi connectivity index (χ0n) is 17.3. The van der Waals surface area contributed by atoms with Gasteiger partial charge in [-0.1, -0.05) is 55.1 Å². The molecule has 2 saturated carbocycles. The Bertz CT molecular complexity index is 1060. The van der Waals surface area contributed by atoms with Gasteiger partial charge in [0, 0.05) is 28.5 Å². The first kappa shape index (κ1) is 18.8. The number of benzene rings is 2. The van der Waals surface area contributed by atoms with Gasteiger partial charge < -0.3 is 14.2 Å². The molecule has 5 nitrogen and oxygen atoms in total. The van der Waals surface area contributed by atoms with Gasteiger partial charge in [-0.2, -0.15) is 0 Å². The Kier molecular flexibility index (Phi) is 4.12. The van der Waals surface area contributed by atoms with E-state index in [1.165, 1.54) is 0 Å². The molecule has 2 aromatic rings. The van der Waals surface area contributed by atoms with Gasteiger partial charge in [-0.15, -0.1) is 0 Å². The molecular formula is C26H24O5. The molecular weight excluding hydrogens is 392 g/mol. The summed E-state index contributed by atoms with van der Waals surface area (Å²) in [4.78, 5) is 25.7. The quantitative estimate of drug-likeness (QED) is 0.555. The second kappa shape index (κ2) is 6.79. The third-order valence-corrected chi connectivity index (χ3v) is 7.54. The van der Waals surface area contributed by atoms with Gasteiger partial charge in [0.25, 0.3) is 0 Å². The van der Waals surface area contributed by atoms with Crippen LogP contribution in [0.5, 0.6) is 0 Å². The van der Waals surface area contributed by atoms with Crippen molar-refractivity contribution in [1.29, 1.82) is 0 Å². The van der Waals surface area contributed by atoms with Crippen LogP contribution >= 0.6 is 0 Å². The van der Waals surface area contributed by atoms with E-state index in [2.05, 4.69) is 18.7 Å². The third kappa shape index (κ3) is 2.66. The number of esters is 2. The summed E-state index contributed by atoms with van der Waals surface area (Å²) in [6, 6.07) is 16.2. The molecule has 1 aliphatic heterocycles. The molecule has 1 heterocycles. The molecule has 0 spiro atoms. The highest BCUT2D eigenvalue weighted by atomic mass is 16.6. The second-order valence-electron chi connectivity index (χ2n) is 9.19. The van der Waals surface area contributed by atoms with Crippen LogP contribution in [0.3, 0.4) is 0 Å². The number of carbonyl (C=O) groups is 2. The Hall–Kier alpha value is -2.92. The molecule has 6 rings (SSSR count). The van der Waals surface area contributed by atoms with Gasteiger partial charge in [-0.25, -0.2) is 4.79 Å². The summed E-state index contributed by atoms with van der Waals surface area (Å²) in [6.45, 7) is 5.83. The van der Waals surface area contributed by atoms with Gasteiger partial charge in [0.1, 0.15) is 6.10 Å². The fourth-order valence-electron chi connectivity index (χ4n) is 6.25. The molecule has 3 fully saturated rings. The molecule has 6 unspecified atom stereocenters. The van der Waals surface area contributed by atoms with Crippen molar-refractivity contribution in [2.24, 2.45) is 23.7 Å². The van der Waals surface area contributed by atoms with E-state index in [1.807, 2.05) is 36.4 Å². The molecule has 4 aliphatic rings. The SMILES string of the molecule is C=C(C)C(=O)OC1C2CC3C(COC31)C2C(=O)OC1c2ccccc2-c2ccccc21. The van der Waals surface area contributed by atoms with Crippen LogP contribution in [0.4, 0.5) is 0 Å². The minimum Gasteiger partial charge on any atom is -0.456 e. The molecule has 3 aliphatic carbocycles. The van der Waals surface area contributed by atoms with Crippen molar-refractivity contribution in [3.05, 3.63) is 71.8 Å². The van der Waals surface area contributed by atoms with E-state index in [0.717, 1.165) is 28.7 Å². The molecule has 0 aromatic heterocycles. The summed E-state index contributed by atoms with van der Waals surface area (Å²) in [5.74, 6) is -0.635. The van der Waals surface area contributed by atoms with Crippen molar-refractivity contribution < 1.29 is 23.8 Å².